The third kappa shape index (κ3) is 3.62. The van der Waals surface area contributed by atoms with E-state index in [1.807, 2.05) is 13.8 Å². The molecule has 0 radical (unpaired) electrons. The summed E-state index contributed by atoms with van der Waals surface area (Å²) in [4.78, 5) is 4.10. The smallest absolute Gasteiger partial charge is 0.263 e. The summed E-state index contributed by atoms with van der Waals surface area (Å²) in [5.74, 6) is 0. The highest BCUT2D eigenvalue weighted by atomic mass is 32.2. The van der Waals surface area contributed by atoms with Crippen molar-refractivity contribution in [1.29, 1.82) is 0 Å². The first-order valence-electron chi connectivity index (χ1n) is 6.70. The number of nitrogens with one attached hydrogen (secondary N) is 1. The van der Waals surface area contributed by atoms with E-state index >= 15 is 0 Å². The summed E-state index contributed by atoms with van der Waals surface area (Å²) < 4.78 is 29.0. The van der Waals surface area contributed by atoms with Gasteiger partial charge in [0.15, 0.2) is 0 Å². The molecule has 0 amide bonds. The maximum absolute atomic E-state index is 12.4. The molecule has 0 aliphatic heterocycles. The molecule has 0 fully saturated rings. The van der Waals surface area contributed by atoms with Crippen LogP contribution in [-0.2, 0) is 23.2 Å². The Morgan fingerprint density at radius 2 is 2.10 bits per heavy atom. The molecule has 2 aromatic heterocycles. The van der Waals surface area contributed by atoms with E-state index in [1.54, 1.807) is 23.0 Å². The first kappa shape index (κ1) is 15.5. The van der Waals surface area contributed by atoms with Crippen molar-refractivity contribution in [3.05, 3.63) is 42.0 Å². The van der Waals surface area contributed by atoms with Gasteiger partial charge in [-0.05, 0) is 31.0 Å². The Morgan fingerprint density at radius 1 is 1.33 bits per heavy atom. The lowest BCUT2D eigenvalue weighted by atomic mass is 10.3. The van der Waals surface area contributed by atoms with Gasteiger partial charge in [-0.15, -0.1) is 0 Å². The Morgan fingerprint density at radius 3 is 2.71 bits per heavy atom. The van der Waals surface area contributed by atoms with Crippen LogP contribution in [0.2, 0.25) is 0 Å². The number of nitrogens with zero attached hydrogens (tertiary/aromatic N) is 2. The first-order chi connectivity index (χ1) is 9.96. The molecule has 114 valence electrons. The van der Waals surface area contributed by atoms with Gasteiger partial charge in [0.1, 0.15) is 4.90 Å². The van der Waals surface area contributed by atoms with Crippen molar-refractivity contribution >= 4 is 15.7 Å². The number of anilines is 1. The second kappa shape index (κ2) is 6.28. The van der Waals surface area contributed by atoms with Crippen LogP contribution in [0.3, 0.4) is 0 Å². The van der Waals surface area contributed by atoms with Crippen molar-refractivity contribution in [2.24, 2.45) is 0 Å². The highest BCUT2D eigenvalue weighted by Gasteiger charge is 2.18. The van der Waals surface area contributed by atoms with Crippen molar-refractivity contribution in [2.45, 2.75) is 38.3 Å². The minimum absolute atomic E-state index is 0.140. The summed E-state index contributed by atoms with van der Waals surface area (Å²) in [6, 6.07) is 3.20. The lowest BCUT2D eigenvalue weighted by molar-refractivity contribution is 0.270. The lowest BCUT2D eigenvalue weighted by Gasteiger charge is -2.06. The second-order valence-corrected chi connectivity index (χ2v) is 6.56. The molecule has 6 nitrogen and oxygen atoms in total. The molecule has 0 aliphatic rings. The Hall–Kier alpha value is -1.86. The summed E-state index contributed by atoms with van der Waals surface area (Å²) in [5, 5.41) is 9.30. The van der Waals surface area contributed by atoms with Crippen LogP contribution in [0.15, 0.2) is 35.6 Å². The van der Waals surface area contributed by atoms with Crippen LogP contribution in [0.5, 0.6) is 0 Å². The number of aliphatic hydroxyl groups is 1. The Kier molecular flexibility index (Phi) is 4.64. The second-order valence-electron chi connectivity index (χ2n) is 4.88. The molecule has 2 rings (SSSR count). The van der Waals surface area contributed by atoms with Crippen molar-refractivity contribution < 1.29 is 13.5 Å². The highest BCUT2D eigenvalue weighted by Crippen LogP contribution is 2.19. The molecule has 2 N–H and O–H groups in total. The molecule has 2 heterocycles. The van der Waals surface area contributed by atoms with Gasteiger partial charge in [-0.25, -0.2) is 8.42 Å². The van der Waals surface area contributed by atoms with E-state index in [2.05, 4.69) is 9.71 Å². The van der Waals surface area contributed by atoms with E-state index in [1.165, 1.54) is 12.3 Å². The van der Waals surface area contributed by atoms with Gasteiger partial charge in [0, 0.05) is 24.6 Å². The van der Waals surface area contributed by atoms with E-state index in [0.717, 1.165) is 12.0 Å². The van der Waals surface area contributed by atoms with E-state index in [4.69, 9.17) is 0 Å². The molecule has 0 saturated heterocycles. The number of hydrogen-bond acceptors (Lipinski definition) is 4. The fraction of sp³-hybridized carbons (Fsp3) is 0.357. The number of aryl methyl sites for hydroxylation is 2. The molecule has 0 saturated carbocycles. The zero-order chi connectivity index (χ0) is 15.5. The lowest BCUT2D eigenvalue weighted by Crippen LogP contribution is -2.12. The van der Waals surface area contributed by atoms with Gasteiger partial charge >= 0.3 is 0 Å². The maximum Gasteiger partial charge on any atom is 0.263 e. The minimum Gasteiger partial charge on any atom is -0.390 e. The molecule has 7 heteroatoms. The molecule has 0 atom stereocenters. The van der Waals surface area contributed by atoms with Crippen LogP contribution < -0.4 is 4.72 Å². The summed E-state index contributed by atoms with van der Waals surface area (Å²) in [6.45, 7) is 4.30. The zero-order valence-electron chi connectivity index (χ0n) is 12.1. The average molecular weight is 309 g/mol. The molecular formula is C14H19N3O3S. The molecule has 0 aromatic carbocycles. The van der Waals surface area contributed by atoms with Crippen LogP contribution in [0.1, 0.15) is 24.6 Å². The molecule has 0 spiro atoms. The standard InChI is InChI=1S/C14H19N3O3S/c1-3-4-17-9-14(6-13(17)10-18)21(19,20)16-12-5-11(2)7-15-8-12/h5-9,16,18H,3-4,10H2,1-2H3. The summed E-state index contributed by atoms with van der Waals surface area (Å²) in [6.07, 6.45) is 5.51. The fourth-order valence-corrected chi connectivity index (χ4v) is 3.18. The molecule has 2 aromatic rings. The first-order valence-corrected chi connectivity index (χ1v) is 8.19. The number of rotatable bonds is 6. The van der Waals surface area contributed by atoms with Crippen LogP contribution in [0.25, 0.3) is 0 Å². The predicted molar refractivity (Wildman–Crippen MR) is 80.4 cm³/mol. The van der Waals surface area contributed by atoms with Gasteiger partial charge in [0.2, 0.25) is 0 Å². The van der Waals surface area contributed by atoms with Crippen LogP contribution in [0, 0.1) is 6.92 Å². The predicted octanol–water partition coefficient (Wildman–Crippen LogP) is 1.89. The third-order valence-electron chi connectivity index (χ3n) is 3.02. The largest absolute Gasteiger partial charge is 0.390 e. The fourth-order valence-electron chi connectivity index (χ4n) is 2.08. The molecule has 0 bridgehead atoms. The summed E-state index contributed by atoms with van der Waals surface area (Å²) >= 11 is 0. The van der Waals surface area contributed by atoms with Crippen molar-refractivity contribution in [1.82, 2.24) is 9.55 Å². The van der Waals surface area contributed by atoms with Crippen molar-refractivity contribution in [2.75, 3.05) is 4.72 Å². The number of aromatic nitrogens is 2. The van der Waals surface area contributed by atoms with Crippen LogP contribution >= 0.6 is 0 Å². The quantitative estimate of drug-likeness (QED) is 0.853. The monoisotopic (exact) mass is 309 g/mol. The number of aliphatic hydroxyl groups excluding tert-OH is 1. The average Bonchev–Trinajstić information content (AvgIpc) is 2.83. The highest BCUT2D eigenvalue weighted by molar-refractivity contribution is 7.92. The van der Waals surface area contributed by atoms with E-state index in [9.17, 15) is 13.5 Å². The van der Waals surface area contributed by atoms with Gasteiger partial charge < -0.3 is 9.67 Å². The number of sulfonamides is 1. The topological polar surface area (TPSA) is 84.2 Å². The van der Waals surface area contributed by atoms with E-state index < -0.39 is 10.0 Å². The maximum atomic E-state index is 12.4. The summed E-state index contributed by atoms with van der Waals surface area (Å²) in [7, 11) is -3.68. The van der Waals surface area contributed by atoms with Crippen molar-refractivity contribution in [3.8, 4) is 0 Å². The van der Waals surface area contributed by atoms with E-state index in [0.29, 0.717) is 17.9 Å². The molecule has 0 aliphatic carbocycles. The zero-order valence-corrected chi connectivity index (χ0v) is 12.9. The van der Waals surface area contributed by atoms with Gasteiger partial charge in [-0.2, -0.15) is 0 Å². The number of hydrogen-bond donors (Lipinski definition) is 2. The molecule has 0 unspecified atom stereocenters. The van der Waals surface area contributed by atoms with Crippen LogP contribution in [-0.4, -0.2) is 23.1 Å². The van der Waals surface area contributed by atoms with E-state index in [-0.39, 0.29) is 11.5 Å². The summed E-state index contributed by atoms with van der Waals surface area (Å²) in [5.41, 5.74) is 1.87. The minimum atomic E-state index is -3.68. The number of pyridine rings is 1. The van der Waals surface area contributed by atoms with Gasteiger partial charge in [0.25, 0.3) is 10.0 Å². The molecular weight excluding hydrogens is 290 g/mol. The van der Waals surface area contributed by atoms with Crippen molar-refractivity contribution in [3.63, 3.8) is 0 Å². The van der Waals surface area contributed by atoms with Gasteiger partial charge in [-0.3, -0.25) is 9.71 Å². The normalized spacial score (nSPS) is 11.6. The SMILES string of the molecule is CCCn1cc(S(=O)(=O)Nc2cncc(C)c2)cc1CO. The van der Waals surface area contributed by atoms with Gasteiger partial charge in [-0.1, -0.05) is 6.92 Å². The third-order valence-corrected chi connectivity index (χ3v) is 4.37. The molecule has 21 heavy (non-hydrogen) atoms. The Bertz CT molecular complexity index is 723. The Balaban J connectivity index is 2.31. The van der Waals surface area contributed by atoms with Gasteiger partial charge in [0.05, 0.1) is 18.5 Å². The van der Waals surface area contributed by atoms with Crippen LogP contribution in [0.4, 0.5) is 5.69 Å². The Labute approximate surface area is 124 Å².